The summed E-state index contributed by atoms with van der Waals surface area (Å²) < 4.78 is 5.64. The molecule has 1 N–H and O–H groups in total. The topological polar surface area (TPSA) is 40.1 Å². The van der Waals surface area contributed by atoms with Crippen LogP contribution in [0.3, 0.4) is 0 Å². The Labute approximate surface area is 164 Å². The number of hydrogen-bond donors (Lipinski definition) is 1. The van der Waals surface area contributed by atoms with E-state index in [4.69, 9.17) is 4.74 Å². The number of hydrogen-bond acceptors (Lipinski definition) is 3. The van der Waals surface area contributed by atoms with E-state index in [0.29, 0.717) is 11.5 Å². The average Bonchev–Trinajstić information content (AvgIpc) is 3.24. The first-order valence-corrected chi connectivity index (χ1v) is 9.39. The molecule has 3 fully saturated rings. The highest BCUT2D eigenvalue weighted by Gasteiger charge is 2.42. The third-order valence-corrected chi connectivity index (χ3v) is 5.73. The van der Waals surface area contributed by atoms with Crippen LogP contribution >= 0.6 is 24.0 Å². The molecule has 6 heteroatoms. The van der Waals surface area contributed by atoms with Crippen LogP contribution in [0.25, 0.3) is 0 Å². The van der Waals surface area contributed by atoms with Gasteiger partial charge >= 0.3 is 0 Å². The molecular weight excluding hydrogens is 415 g/mol. The van der Waals surface area contributed by atoms with Gasteiger partial charge in [0.15, 0.2) is 5.96 Å². The maximum atomic E-state index is 5.64. The van der Waals surface area contributed by atoms with Crippen LogP contribution in [0.2, 0.25) is 0 Å². The lowest BCUT2D eigenvalue weighted by atomic mass is 9.87. The van der Waals surface area contributed by atoms with Crippen molar-refractivity contribution in [1.82, 2.24) is 15.1 Å². The van der Waals surface area contributed by atoms with E-state index in [1.54, 1.807) is 0 Å². The second-order valence-corrected chi connectivity index (χ2v) is 8.09. The number of rotatable bonds is 4. The van der Waals surface area contributed by atoms with E-state index in [0.717, 1.165) is 44.7 Å². The van der Waals surface area contributed by atoms with E-state index in [1.165, 1.54) is 38.8 Å². The van der Waals surface area contributed by atoms with Gasteiger partial charge < -0.3 is 15.0 Å². The summed E-state index contributed by atoms with van der Waals surface area (Å²) in [6, 6.07) is 0.667. The van der Waals surface area contributed by atoms with Gasteiger partial charge in [-0.15, -0.1) is 24.0 Å². The Kier molecular flexibility index (Phi) is 7.61. The van der Waals surface area contributed by atoms with Gasteiger partial charge in [-0.1, -0.05) is 13.8 Å². The van der Waals surface area contributed by atoms with E-state index in [1.807, 2.05) is 7.05 Å². The molecule has 0 aliphatic carbocycles. The van der Waals surface area contributed by atoms with Crippen molar-refractivity contribution in [3.63, 3.8) is 0 Å². The van der Waals surface area contributed by atoms with Gasteiger partial charge in [0.2, 0.25) is 0 Å². The molecule has 3 saturated heterocycles. The molecule has 1 unspecified atom stereocenters. The molecular formula is C18H35IN4O. The first-order chi connectivity index (χ1) is 11.1. The zero-order chi connectivity index (χ0) is 16.3. The van der Waals surface area contributed by atoms with Gasteiger partial charge in [-0.2, -0.15) is 0 Å². The van der Waals surface area contributed by atoms with Crippen molar-refractivity contribution in [2.24, 2.45) is 16.3 Å². The number of nitrogens with zero attached hydrogens (tertiary/aromatic N) is 3. The lowest BCUT2D eigenvalue weighted by Gasteiger charge is -2.29. The minimum Gasteiger partial charge on any atom is -0.381 e. The van der Waals surface area contributed by atoms with E-state index < -0.39 is 0 Å². The number of likely N-dealkylation sites (tertiary alicyclic amines) is 2. The molecule has 3 heterocycles. The van der Waals surface area contributed by atoms with Crippen molar-refractivity contribution < 1.29 is 4.74 Å². The summed E-state index contributed by atoms with van der Waals surface area (Å²) in [6.07, 6.45) is 5.11. The smallest absolute Gasteiger partial charge is 0.193 e. The van der Waals surface area contributed by atoms with Crippen LogP contribution in [-0.4, -0.2) is 74.8 Å². The van der Waals surface area contributed by atoms with Gasteiger partial charge in [-0.05, 0) is 38.1 Å². The average molecular weight is 450 g/mol. The summed E-state index contributed by atoms with van der Waals surface area (Å²) in [5.41, 5.74) is 0.397. The molecule has 0 aromatic carbocycles. The molecule has 24 heavy (non-hydrogen) atoms. The van der Waals surface area contributed by atoms with Crippen LogP contribution in [0.4, 0.5) is 0 Å². The van der Waals surface area contributed by atoms with E-state index in [-0.39, 0.29) is 24.0 Å². The highest BCUT2D eigenvalue weighted by molar-refractivity contribution is 14.0. The predicted molar refractivity (Wildman–Crippen MR) is 110 cm³/mol. The molecule has 0 aromatic heterocycles. The fraction of sp³-hybridized carbons (Fsp3) is 0.944. The molecule has 0 radical (unpaired) electrons. The lowest BCUT2D eigenvalue weighted by Crippen LogP contribution is -2.47. The monoisotopic (exact) mass is 450 g/mol. The Hall–Kier alpha value is -0.0800. The van der Waals surface area contributed by atoms with Gasteiger partial charge in [0.05, 0.1) is 6.61 Å². The molecule has 1 spiro atoms. The summed E-state index contributed by atoms with van der Waals surface area (Å²) in [7, 11) is 1.92. The fourth-order valence-electron chi connectivity index (χ4n) is 4.46. The van der Waals surface area contributed by atoms with Crippen LogP contribution in [0.5, 0.6) is 0 Å². The minimum atomic E-state index is 0. The van der Waals surface area contributed by atoms with Crippen molar-refractivity contribution in [2.75, 3.05) is 53.0 Å². The van der Waals surface area contributed by atoms with Gasteiger partial charge in [-0.25, -0.2) is 0 Å². The van der Waals surface area contributed by atoms with Gasteiger partial charge in [-0.3, -0.25) is 9.89 Å². The van der Waals surface area contributed by atoms with Gasteiger partial charge in [0.25, 0.3) is 0 Å². The van der Waals surface area contributed by atoms with Crippen molar-refractivity contribution in [2.45, 2.75) is 45.6 Å². The van der Waals surface area contributed by atoms with Crippen LogP contribution in [0.15, 0.2) is 4.99 Å². The van der Waals surface area contributed by atoms with E-state index in [2.05, 4.69) is 34.0 Å². The second kappa shape index (κ2) is 9.03. The maximum Gasteiger partial charge on any atom is 0.193 e. The van der Waals surface area contributed by atoms with Gasteiger partial charge in [0, 0.05) is 51.3 Å². The Bertz CT molecular complexity index is 423. The lowest BCUT2D eigenvalue weighted by molar-refractivity contribution is 0.156. The van der Waals surface area contributed by atoms with Crippen molar-refractivity contribution in [3.8, 4) is 0 Å². The third kappa shape index (κ3) is 4.75. The SMILES string of the molecule is CN=C(NC[C@H]1CCCN1CC(C)C)N1CCC2(CCOC2)C1.I. The third-order valence-electron chi connectivity index (χ3n) is 5.73. The minimum absolute atomic E-state index is 0. The van der Waals surface area contributed by atoms with Crippen molar-refractivity contribution >= 4 is 29.9 Å². The zero-order valence-electron chi connectivity index (χ0n) is 15.6. The standard InChI is InChI=1S/C18H34N4O.HI/c1-15(2)12-21-8-4-5-16(21)11-20-17(19-3)22-9-6-18(13-22)7-10-23-14-18;/h15-16H,4-14H2,1-3H3,(H,19,20);1H/t16-,18?;/m1./s1. The molecule has 140 valence electrons. The first-order valence-electron chi connectivity index (χ1n) is 9.39. The van der Waals surface area contributed by atoms with Crippen LogP contribution in [0, 0.1) is 11.3 Å². The second-order valence-electron chi connectivity index (χ2n) is 8.09. The summed E-state index contributed by atoms with van der Waals surface area (Å²) in [5.74, 6) is 1.83. The zero-order valence-corrected chi connectivity index (χ0v) is 17.9. The van der Waals surface area contributed by atoms with Gasteiger partial charge in [0.1, 0.15) is 0 Å². The van der Waals surface area contributed by atoms with Crippen LogP contribution in [-0.2, 0) is 4.74 Å². The maximum absolute atomic E-state index is 5.64. The predicted octanol–water partition coefficient (Wildman–Crippen LogP) is 2.41. The highest BCUT2D eigenvalue weighted by Crippen LogP contribution is 2.38. The Balaban J connectivity index is 0.00000208. The molecule has 0 amide bonds. The van der Waals surface area contributed by atoms with Crippen LogP contribution < -0.4 is 5.32 Å². The Morgan fingerprint density at radius 2 is 2.17 bits per heavy atom. The number of aliphatic imine (C=N–C) groups is 1. The van der Waals surface area contributed by atoms with Crippen LogP contribution in [0.1, 0.15) is 39.5 Å². The number of ether oxygens (including phenoxy) is 1. The van der Waals surface area contributed by atoms with E-state index >= 15 is 0 Å². The Morgan fingerprint density at radius 3 is 2.83 bits per heavy atom. The molecule has 3 rings (SSSR count). The number of halogens is 1. The molecule has 0 aromatic rings. The summed E-state index contributed by atoms with van der Waals surface area (Å²) in [5, 5.41) is 3.66. The quantitative estimate of drug-likeness (QED) is 0.406. The highest BCUT2D eigenvalue weighted by atomic mass is 127. The Morgan fingerprint density at radius 1 is 1.33 bits per heavy atom. The summed E-state index contributed by atoms with van der Waals surface area (Å²) in [4.78, 5) is 9.64. The largest absolute Gasteiger partial charge is 0.381 e. The van der Waals surface area contributed by atoms with Crippen molar-refractivity contribution in [3.05, 3.63) is 0 Å². The molecule has 3 aliphatic heterocycles. The number of nitrogens with one attached hydrogen (secondary N) is 1. The number of guanidine groups is 1. The molecule has 3 aliphatic rings. The molecule has 2 atom stereocenters. The van der Waals surface area contributed by atoms with E-state index in [9.17, 15) is 0 Å². The summed E-state index contributed by atoms with van der Waals surface area (Å²) >= 11 is 0. The fourth-order valence-corrected chi connectivity index (χ4v) is 4.46. The molecule has 0 bridgehead atoms. The summed E-state index contributed by atoms with van der Waals surface area (Å²) in [6.45, 7) is 12.2. The van der Waals surface area contributed by atoms with Crippen molar-refractivity contribution in [1.29, 1.82) is 0 Å². The first kappa shape index (κ1) is 20.2. The molecule has 5 nitrogen and oxygen atoms in total. The molecule has 0 saturated carbocycles. The normalized spacial score (nSPS) is 31.2.